The van der Waals surface area contributed by atoms with Crippen molar-refractivity contribution in [3.63, 3.8) is 0 Å². The van der Waals surface area contributed by atoms with Crippen molar-refractivity contribution in [2.45, 2.75) is 38.3 Å². The maximum absolute atomic E-state index is 12.3. The summed E-state index contributed by atoms with van der Waals surface area (Å²) in [5, 5.41) is 4.79. The summed E-state index contributed by atoms with van der Waals surface area (Å²) in [6.45, 7) is 8.72. The first-order valence-electron chi connectivity index (χ1n) is 12.8. The fourth-order valence-corrected chi connectivity index (χ4v) is 4.29. The van der Waals surface area contributed by atoms with Crippen molar-refractivity contribution in [2.24, 2.45) is 0 Å². The molecule has 0 radical (unpaired) electrons. The van der Waals surface area contributed by atoms with Gasteiger partial charge < -0.3 is 10.1 Å². The van der Waals surface area contributed by atoms with Crippen LogP contribution in [0.1, 0.15) is 28.8 Å². The Morgan fingerprint density at radius 3 is 2.13 bits per heavy atom. The second-order valence-corrected chi connectivity index (χ2v) is 24.8. The standard InChI is InChI=1S/C18H16ClNO2.C10H10ClN.C3H9ISi/c19-16-9-4-8-15(12-16)17-10-5-11-20(17)18(21)22-13-14-6-2-1-3-7-14;11-9-4-1-3-8(7-9)10-5-2-6-12-10;1-5(2,3)4/h1-10,12,17H,11,13H2;1-5,7,10,12H,6H2;1-3H3. The first-order valence-corrected chi connectivity index (χ1v) is 20.2. The molecule has 5 rings (SSSR count). The highest BCUT2D eigenvalue weighted by Gasteiger charge is 2.27. The van der Waals surface area contributed by atoms with Crippen molar-refractivity contribution in [2.75, 3.05) is 13.1 Å². The van der Waals surface area contributed by atoms with Crippen LogP contribution in [0.3, 0.4) is 0 Å². The van der Waals surface area contributed by atoms with Gasteiger partial charge in [-0.25, -0.2) is 4.79 Å². The highest BCUT2D eigenvalue weighted by Crippen LogP contribution is 2.29. The van der Waals surface area contributed by atoms with Gasteiger partial charge in [-0.1, -0.05) is 122 Å². The lowest BCUT2D eigenvalue weighted by molar-refractivity contribution is 0.0949. The fraction of sp³-hybridized carbons (Fsp3) is 0.258. The van der Waals surface area contributed by atoms with Crippen LogP contribution in [0.5, 0.6) is 0 Å². The van der Waals surface area contributed by atoms with E-state index in [1.165, 1.54) is 5.56 Å². The summed E-state index contributed by atoms with van der Waals surface area (Å²) >= 11 is 14.4. The number of ether oxygens (including phenoxy) is 1. The SMILES string of the molecule is C[Si](C)(C)I.Clc1cccc(C2C=CCN2)c1.O=C(OCc1ccccc1)N1CC=CC1c1cccc(Cl)c1. The minimum atomic E-state index is -0.641. The maximum Gasteiger partial charge on any atom is 0.411 e. The molecule has 0 saturated heterocycles. The molecule has 2 heterocycles. The van der Waals surface area contributed by atoms with E-state index in [-0.39, 0.29) is 18.7 Å². The lowest BCUT2D eigenvalue weighted by Crippen LogP contribution is -2.31. The number of carbonyl (C=O) groups is 1. The van der Waals surface area contributed by atoms with Crippen molar-refractivity contribution in [1.29, 1.82) is 0 Å². The molecule has 39 heavy (non-hydrogen) atoms. The lowest BCUT2D eigenvalue weighted by Gasteiger charge is -2.24. The number of halogens is 3. The first kappa shape index (κ1) is 31.4. The molecule has 0 aliphatic carbocycles. The molecule has 0 bridgehead atoms. The van der Waals surface area contributed by atoms with Crippen LogP contribution < -0.4 is 5.32 Å². The molecular weight excluding hydrogens is 658 g/mol. The molecule has 2 atom stereocenters. The summed E-state index contributed by atoms with van der Waals surface area (Å²) in [7, 11) is 0. The zero-order chi connectivity index (χ0) is 28.3. The molecule has 2 unspecified atom stereocenters. The molecule has 1 N–H and O–H groups in total. The van der Waals surface area contributed by atoms with Crippen LogP contribution in [0.25, 0.3) is 0 Å². The lowest BCUT2D eigenvalue weighted by atomic mass is 10.1. The third kappa shape index (κ3) is 11.5. The minimum Gasteiger partial charge on any atom is -0.445 e. The summed E-state index contributed by atoms with van der Waals surface area (Å²) in [5.41, 5.74) is 2.55. The Kier molecular flexibility index (Phi) is 12.6. The Labute approximate surface area is 256 Å². The third-order valence-electron chi connectivity index (χ3n) is 5.58. The van der Waals surface area contributed by atoms with Gasteiger partial charge in [-0.15, -0.1) is 21.8 Å². The topological polar surface area (TPSA) is 41.6 Å². The molecule has 206 valence electrons. The molecule has 1 amide bonds. The average molecular weight is 694 g/mol. The zero-order valence-electron chi connectivity index (χ0n) is 22.5. The Morgan fingerprint density at radius 2 is 1.54 bits per heavy atom. The average Bonchev–Trinajstić information content (AvgIpc) is 3.60. The molecule has 0 spiro atoms. The van der Waals surface area contributed by atoms with Crippen molar-refractivity contribution < 1.29 is 9.53 Å². The quantitative estimate of drug-likeness (QED) is 0.128. The van der Waals surface area contributed by atoms with Gasteiger partial charge in [0.05, 0.1) is 12.1 Å². The summed E-state index contributed by atoms with van der Waals surface area (Å²) in [6, 6.07) is 25.4. The molecule has 0 fully saturated rings. The van der Waals surface area contributed by atoms with Crippen LogP contribution in [0, 0.1) is 0 Å². The van der Waals surface area contributed by atoms with E-state index in [0.717, 1.165) is 22.7 Å². The van der Waals surface area contributed by atoms with Gasteiger partial charge in [0.15, 0.2) is 0 Å². The number of nitrogens with zero attached hydrogens (tertiary/aromatic N) is 1. The van der Waals surface area contributed by atoms with E-state index < -0.39 is 5.57 Å². The Morgan fingerprint density at radius 1 is 0.923 bits per heavy atom. The van der Waals surface area contributed by atoms with Crippen LogP contribution in [-0.2, 0) is 11.3 Å². The second kappa shape index (κ2) is 15.6. The summed E-state index contributed by atoms with van der Waals surface area (Å²) in [4.78, 5) is 14.0. The van der Waals surface area contributed by atoms with Gasteiger partial charge >= 0.3 is 6.09 Å². The third-order valence-corrected chi connectivity index (χ3v) is 6.05. The van der Waals surface area contributed by atoms with E-state index in [0.29, 0.717) is 17.6 Å². The predicted octanol–water partition coefficient (Wildman–Crippen LogP) is 9.39. The summed E-state index contributed by atoms with van der Waals surface area (Å²) < 4.78 is 5.41. The molecule has 0 saturated carbocycles. The monoisotopic (exact) mass is 692 g/mol. The van der Waals surface area contributed by atoms with Crippen molar-refractivity contribution in [3.8, 4) is 0 Å². The van der Waals surface area contributed by atoms with Gasteiger partial charge in [-0.3, -0.25) is 4.90 Å². The Bertz CT molecular complexity index is 1260. The van der Waals surface area contributed by atoms with Gasteiger partial charge in [-0.05, 0) is 41.0 Å². The van der Waals surface area contributed by atoms with E-state index in [4.69, 9.17) is 27.9 Å². The van der Waals surface area contributed by atoms with E-state index in [9.17, 15) is 4.79 Å². The number of amides is 1. The van der Waals surface area contributed by atoms with Crippen LogP contribution >= 0.6 is 45.0 Å². The highest BCUT2D eigenvalue weighted by molar-refractivity contribution is 14.1. The number of hydrogen-bond donors (Lipinski definition) is 1. The number of hydrogen-bond acceptors (Lipinski definition) is 3. The van der Waals surface area contributed by atoms with Crippen molar-refractivity contribution >= 4 is 56.7 Å². The molecule has 8 heteroatoms. The number of carbonyl (C=O) groups excluding carboxylic acids is 1. The van der Waals surface area contributed by atoms with Gasteiger partial charge in [0.25, 0.3) is 0 Å². The first-order chi connectivity index (χ1) is 18.6. The van der Waals surface area contributed by atoms with Gasteiger partial charge in [0.1, 0.15) is 12.2 Å². The second-order valence-electron chi connectivity index (χ2n) is 10.1. The van der Waals surface area contributed by atoms with E-state index in [2.05, 4.69) is 65.0 Å². The number of nitrogens with one attached hydrogen (secondary N) is 1. The van der Waals surface area contributed by atoms with Crippen molar-refractivity contribution in [1.82, 2.24) is 10.2 Å². The minimum absolute atomic E-state index is 0.123. The fourth-order valence-electron chi connectivity index (χ4n) is 3.89. The van der Waals surface area contributed by atoms with Gasteiger partial charge in [0, 0.05) is 23.1 Å². The molecule has 3 aromatic rings. The molecule has 2 aliphatic heterocycles. The number of rotatable bonds is 4. The van der Waals surface area contributed by atoms with Crippen LogP contribution in [0.4, 0.5) is 4.79 Å². The molecule has 0 aromatic heterocycles. The Hall–Kier alpha value is -2.10. The predicted molar refractivity (Wildman–Crippen MR) is 175 cm³/mol. The van der Waals surface area contributed by atoms with Gasteiger partial charge in [-0.2, -0.15) is 0 Å². The smallest absolute Gasteiger partial charge is 0.411 e. The zero-order valence-corrected chi connectivity index (χ0v) is 27.2. The van der Waals surface area contributed by atoms with Crippen LogP contribution in [0.15, 0.2) is 103 Å². The van der Waals surface area contributed by atoms with E-state index >= 15 is 0 Å². The molecule has 3 aromatic carbocycles. The number of benzene rings is 3. The van der Waals surface area contributed by atoms with Gasteiger partial charge in [0.2, 0.25) is 0 Å². The van der Waals surface area contributed by atoms with Crippen LogP contribution in [0.2, 0.25) is 29.7 Å². The highest BCUT2D eigenvalue weighted by atomic mass is 127. The van der Waals surface area contributed by atoms with Crippen LogP contribution in [-0.4, -0.2) is 29.7 Å². The Balaban J connectivity index is 0.000000206. The molecule has 2 aliphatic rings. The molecule has 4 nitrogen and oxygen atoms in total. The summed E-state index contributed by atoms with van der Waals surface area (Å²) in [6.07, 6.45) is 7.93. The summed E-state index contributed by atoms with van der Waals surface area (Å²) in [5.74, 6) is 0. The normalized spacial score (nSPS) is 17.6. The maximum atomic E-state index is 12.3. The largest absolute Gasteiger partial charge is 0.445 e. The van der Waals surface area contributed by atoms with E-state index in [1.54, 1.807) is 4.90 Å². The molecular formula is C31H35Cl2IN2O2Si. The van der Waals surface area contributed by atoms with E-state index in [1.807, 2.05) is 84.9 Å². The van der Waals surface area contributed by atoms with Crippen molar-refractivity contribution in [3.05, 3.63) is 130 Å².